The van der Waals surface area contributed by atoms with Gasteiger partial charge in [-0.05, 0) is 31.4 Å². The van der Waals surface area contributed by atoms with Crippen LogP contribution >= 0.6 is 0 Å². The van der Waals surface area contributed by atoms with Gasteiger partial charge in [-0.3, -0.25) is 9.48 Å². The quantitative estimate of drug-likeness (QED) is 0.389. The summed E-state index contributed by atoms with van der Waals surface area (Å²) in [7, 11) is 1.55. The van der Waals surface area contributed by atoms with Crippen LogP contribution in [0.5, 0.6) is 0 Å². The number of nitrogens with one attached hydrogen (secondary N) is 1. The number of nitrogens with two attached hydrogens (primary N) is 3. The third-order valence-corrected chi connectivity index (χ3v) is 2.59. The summed E-state index contributed by atoms with van der Waals surface area (Å²) in [4.78, 5) is 11.3. The highest BCUT2D eigenvalue weighted by atomic mass is 16.1. The molecule has 0 spiro atoms. The van der Waals surface area contributed by atoms with E-state index in [0.717, 1.165) is 25.0 Å². The van der Waals surface area contributed by atoms with E-state index in [0.29, 0.717) is 12.2 Å². The molecule has 8 nitrogen and oxygen atoms in total. The number of nitrogens with zero attached hydrogens (tertiary/aromatic N) is 3. The zero-order chi connectivity index (χ0) is 15.0. The molecule has 1 aromatic rings. The molecule has 0 saturated carbocycles. The van der Waals surface area contributed by atoms with E-state index in [1.807, 2.05) is 0 Å². The summed E-state index contributed by atoms with van der Waals surface area (Å²) in [5, 5.41) is 10.2. The Labute approximate surface area is 117 Å². The van der Waals surface area contributed by atoms with Crippen LogP contribution in [0.15, 0.2) is 29.9 Å². The minimum atomic E-state index is -0.241. The number of allylic oxidation sites excluding steroid dienone is 3. The van der Waals surface area contributed by atoms with E-state index < -0.39 is 0 Å². The van der Waals surface area contributed by atoms with Crippen LogP contribution in [0.4, 0.5) is 0 Å². The van der Waals surface area contributed by atoms with Crippen molar-refractivity contribution in [3.05, 3.63) is 35.6 Å². The van der Waals surface area contributed by atoms with Gasteiger partial charge in [0.05, 0.1) is 12.0 Å². The van der Waals surface area contributed by atoms with Crippen LogP contribution in [-0.4, -0.2) is 27.9 Å². The van der Waals surface area contributed by atoms with Crippen molar-refractivity contribution in [2.45, 2.75) is 25.8 Å². The van der Waals surface area contributed by atoms with E-state index in [1.165, 1.54) is 0 Å². The van der Waals surface area contributed by atoms with Crippen LogP contribution < -0.4 is 22.5 Å². The number of carbonyl (C=O) groups is 1. The molecule has 0 aliphatic rings. The maximum atomic E-state index is 11.3. The van der Waals surface area contributed by atoms with Gasteiger partial charge >= 0.3 is 0 Å². The largest absolute Gasteiger partial charge is 0.402 e. The lowest BCUT2D eigenvalue weighted by Crippen LogP contribution is -2.18. The number of aromatic nitrogens is 3. The summed E-state index contributed by atoms with van der Waals surface area (Å²) in [5.74, 6) is -0.00751. The van der Waals surface area contributed by atoms with E-state index in [4.69, 9.17) is 17.2 Å². The first kappa shape index (κ1) is 15.5. The van der Waals surface area contributed by atoms with Crippen molar-refractivity contribution in [2.24, 2.45) is 17.2 Å². The fourth-order valence-electron chi connectivity index (χ4n) is 1.53. The summed E-state index contributed by atoms with van der Waals surface area (Å²) in [5.41, 5.74) is 17.4. The molecule has 0 saturated heterocycles. The number of hydrogen-bond acceptors (Lipinski definition) is 6. The van der Waals surface area contributed by atoms with Crippen LogP contribution in [0.3, 0.4) is 0 Å². The Hall–Kier alpha value is -2.51. The minimum absolute atomic E-state index is 0.234. The van der Waals surface area contributed by atoms with Crippen molar-refractivity contribution in [3.63, 3.8) is 0 Å². The number of hydrogen-bond donors (Lipinski definition) is 4. The van der Waals surface area contributed by atoms with Gasteiger partial charge in [0, 0.05) is 19.3 Å². The molecule has 1 rings (SSSR count). The van der Waals surface area contributed by atoms with Crippen LogP contribution in [0.25, 0.3) is 0 Å². The van der Waals surface area contributed by atoms with E-state index in [2.05, 4.69) is 15.6 Å². The predicted molar refractivity (Wildman–Crippen MR) is 76.0 cm³/mol. The smallest absolute Gasteiger partial charge is 0.273 e. The van der Waals surface area contributed by atoms with Crippen LogP contribution in [0, 0.1) is 0 Å². The van der Waals surface area contributed by atoms with Gasteiger partial charge in [-0.15, -0.1) is 5.10 Å². The Morgan fingerprint density at radius 1 is 1.35 bits per heavy atom. The third kappa shape index (κ3) is 5.42. The van der Waals surface area contributed by atoms with E-state index >= 15 is 0 Å². The van der Waals surface area contributed by atoms with Gasteiger partial charge in [-0.1, -0.05) is 5.21 Å². The maximum absolute atomic E-state index is 11.3. The lowest BCUT2D eigenvalue weighted by Gasteiger charge is -2.01. The molecule has 1 amide bonds. The second-order valence-electron chi connectivity index (χ2n) is 4.31. The van der Waals surface area contributed by atoms with Crippen molar-refractivity contribution in [2.75, 3.05) is 7.05 Å². The molecule has 0 fully saturated rings. The van der Waals surface area contributed by atoms with Crippen LogP contribution in [0.1, 0.15) is 29.8 Å². The Bertz CT molecular complexity index is 500. The number of amides is 1. The normalized spacial score (nSPS) is 11.2. The molecule has 0 aliphatic heterocycles. The predicted octanol–water partition coefficient (Wildman–Crippen LogP) is -0.591. The van der Waals surface area contributed by atoms with Gasteiger partial charge < -0.3 is 22.5 Å². The summed E-state index contributed by atoms with van der Waals surface area (Å²) >= 11 is 0. The highest BCUT2D eigenvalue weighted by Gasteiger charge is 2.07. The number of rotatable bonds is 7. The molecule has 1 heterocycles. The third-order valence-electron chi connectivity index (χ3n) is 2.59. The second-order valence-corrected chi connectivity index (χ2v) is 4.31. The van der Waals surface area contributed by atoms with Crippen molar-refractivity contribution in [1.29, 1.82) is 0 Å². The van der Waals surface area contributed by atoms with Gasteiger partial charge in [-0.25, -0.2) is 0 Å². The van der Waals surface area contributed by atoms with Crippen molar-refractivity contribution in [3.8, 4) is 0 Å². The molecule has 0 unspecified atom stereocenters. The highest BCUT2D eigenvalue weighted by Crippen LogP contribution is 2.04. The van der Waals surface area contributed by atoms with Gasteiger partial charge in [0.25, 0.3) is 5.91 Å². The molecule has 0 atom stereocenters. The minimum Gasteiger partial charge on any atom is -0.402 e. The summed E-state index contributed by atoms with van der Waals surface area (Å²) in [6.07, 6.45) is 7.43. The van der Waals surface area contributed by atoms with E-state index in [-0.39, 0.29) is 11.7 Å². The van der Waals surface area contributed by atoms with Gasteiger partial charge in [0.15, 0.2) is 5.69 Å². The Balaban J connectivity index is 2.31. The molecule has 20 heavy (non-hydrogen) atoms. The average Bonchev–Trinajstić information content (AvgIpc) is 2.89. The highest BCUT2D eigenvalue weighted by molar-refractivity contribution is 5.91. The fraction of sp³-hybridized carbons (Fsp3) is 0.417. The second kappa shape index (κ2) is 7.82. The van der Waals surface area contributed by atoms with Gasteiger partial charge in [-0.2, -0.15) is 0 Å². The summed E-state index contributed by atoms with van der Waals surface area (Å²) < 4.78 is 1.64. The van der Waals surface area contributed by atoms with E-state index in [1.54, 1.807) is 30.1 Å². The van der Waals surface area contributed by atoms with Gasteiger partial charge in [0.1, 0.15) is 0 Å². The first-order valence-corrected chi connectivity index (χ1v) is 6.32. The van der Waals surface area contributed by atoms with E-state index in [9.17, 15) is 4.79 Å². The molecule has 8 heteroatoms. The van der Waals surface area contributed by atoms with Crippen molar-refractivity contribution >= 4 is 5.91 Å². The van der Waals surface area contributed by atoms with Crippen LogP contribution in [0.2, 0.25) is 0 Å². The molecule has 0 aromatic carbocycles. The number of unbranched alkanes of at least 4 members (excludes halogenated alkanes) is 1. The molecule has 1 aromatic heterocycles. The van der Waals surface area contributed by atoms with Crippen molar-refractivity contribution in [1.82, 2.24) is 20.3 Å². The molecule has 110 valence electrons. The van der Waals surface area contributed by atoms with Crippen LogP contribution in [-0.2, 0) is 6.54 Å². The lowest BCUT2D eigenvalue weighted by molar-refractivity contribution is 0.0958. The molecule has 7 N–H and O–H groups in total. The molecule has 0 aliphatic carbocycles. The number of carbonyl (C=O) groups excluding carboxylic acids is 1. The zero-order valence-electron chi connectivity index (χ0n) is 11.5. The Morgan fingerprint density at radius 3 is 2.75 bits per heavy atom. The maximum Gasteiger partial charge on any atom is 0.273 e. The first-order valence-electron chi connectivity index (χ1n) is 6.32. The summed E-state index contributed by atoms with van der Waals surface area (Å²) in [6, 6.07) is 0. The topological polar surface area (TPSA) is 138 Å². The molecular weight excluding hydrogens is 258 g/mol. The SMILES string of the molecule is CNC(=O)c1cn(CCCC/C(N)=C/C=C(N)N)nn1. The Kier molecular flexibility index (Phi) is 6.08. The molecule has 0 radical (unpaired) electrons. The number of aryl methyl sites for hydroxylation is 1. The summed E-state index contributed by atoms with van der Waals surface area (Å²) in [6.45, 7) is 0.687. The average molecular weight is 279 g/mol. The standard InChI is InChI=1S/C12H21N7O/c1-16-12(20)10-8-19(18-17-10)7-3-2-4-9(13)5-6-11(14)15/h5-6,8H,2-4,7,13-15H2,1H3,(H,16,20)/b9-5-. The molecule has 0 bridgehead atoms. The molecular formula is C12H21N7O. The fourth-order valence-corrected chi connectivity index (χ4v) is 1.53. The zero-order valence-corrected chi connectivity index (χ0v) is 11.5. The van der Waals surface area contributed by atoms with Gasteiger partial charge in [0.2, 0.25) is 0 Å². The van der Waals surface area contributed by atoms with Crippen molar-refractivity contribution < 1.29 is 4.79 Å². The Morgan fingerprint density at radius 2 is 2.10 bits per heavy atom. The monoisotopic (exact) mass is 279 g/mol. The lowest BCUT2D eigenvalue weighted by atomic mass is 10.2. The first-order chi connectivity index (χ1) is 9.52.